The summed E-state index contributed by atoms with van der Waals surface area (Å²) in [6, 6.07) is 16.0. The highest BCUT2D eigenvalue weighted by molar-refractivity contribution is 6.05. The van der Waals surface area contributed by atoms with E-state index in [9.17, 15) is 14.4 Å². The molecule has 1 heterocycles. The summed E-state index contributed by atoms with van der Waals surface area (Å²) in [5.41, 5.74) is 2.22. The molecule has 0 saturated heterocycles. The fourth-order valence-electron chi connectivity index (χ4n) is 3.56. The van der Waals surface area contributed by atoms with Crippen molar-refractivity contribution in [2.75, 3.05) is 10.6 Å². The van der Waals surface area contributed by atoms with Crippen molar-refractivity contribution in [3.63, 3.8) is 0 Å². The fourth-order valence-corrected chi connectivity index (χ4v) is 3.56. The molecule has 0 unspecified atom stereocenters. The molecule has 3 aromatic rings. The lowest BCUT2D eigenvalue weighted by atomic mass is 10.1. The minimum absolute atomic E-state index is 0.0234. The van der Waals surface area contributed by atoms with Gasteiger partial charge in [-0.2, -0.15) is 0 Å². The second kappa shape index (κ2) is 7.67. The summed E-state index contributed by atoms with van der Waals surface area (Å²) in [6.45, 7) is 3.82. The van der Waals surface area contributed by atoms with E-state index in [1.165, 1.54) is 4.68 Å². The molecule has 2 amide bonds. The number of hydrogen-bond donors (Lipinski definition) is 2. The van der Waals surface area contributed by atoms with E-state index in [1.807, 2.05) is 37.3 Å². The molecule has 0 spiro atoms. The monoisotopic (exact) mass is 404 g/mol. The fraction of sp³-hybridized carbons (Fsp3) is 0.261. The van der Waals surface area contributed by atoms with E-state index in [0.717, 1.165) is 6.42 Å². The molecule has 0 radical (unpaired) electrons. The van der Waals surface area contributed by atoms with Crippen molar-refractivity contribution < 1.29 is 9.59 Å². The van der Waals surface area contributed by atoms with Gasteiger partial charge in [0.1, 0.15) is 5.69 Å². The predicted octanol–water partition coefficient (Wildman–Crippen LogP) is 3.33. The van der Waals surface area contributed by atoms with E-state index in [2.05, 4.69) is 10.6 Å². The maximum Gasteiger partial charge on any atom is 0.295 e. The first kappa shape index (κ1) is 19.7. The third-order valence-corrected chi connectivity index (χ3v) is 5.63. The Morgan fingerprint density at radius 3 is 2.40 bits per heavy atom. The van der Waals surface area contributed by atoms with E-state index in [-0.39, 0.29) is 23.1 Å². The quantitative estimate of drug-likeness (QED) is 0.684. The zero-order valence-electron chi connectivity index (χ0n) is 17.2. The van der Waals surface area contributed by atoms with Gasteiger partial charge in [0.25, 0.3) is 11.5 Å². The van der Waals surface area contributed by atoms with Crippen LogP contribution in [-0.4, -0.2) is 21.2 Å². The van der Waals surface area contributed by atoms with Crippen molar-refractivity contribution in [2.24, 2.45) is 18.9 Å². The molecule has 0 aliphatic heterocycles. The number of benzene rings is 2. The molecule has 7 heteroatoms. The van der Waals surface area contributed by atoms with Crippen LogP contribution >= 0.6 is 0 Å². The third kappa shape index (κ3) is 3.66. The molecule has 30 heavy (non-hydrogen) atoms. The molecule has 4 rings (SSSR count). The SMILES string of the molecule is Cc1c(NC(=O)c2cccc(NC(=O)[C@@H]3C[C@@H]3C)c2)c(=O)n(-c2ccccc2)n1C. The number of carbonyl (C=O) groups excluding carboxylic acids is 2. The molecule has 1 aliphatic rings. The van der Waals surface area contributed by atoms with Crippen LogP contribution in [0.15, 0.2) is 59.4 Å². The van der Waals surface area contributed by atoms with Crippen LogP contribution in [-0.2, 0) is 11.8 Å². The smallest absolute Gasteiger partial charge is 0.295 e. The van der Waals surface area contributed by atoms with Crippen LogP contribution in [0.2, 0.25) is 0 Å². The molecular weight excluding hydrogens is 380 g/mol. The van der Waals surface area contributed by atoms with Crippen LogP contribution in [0.4, 0.5) is 11.4 Å². The van der Waals surface area contributed by atoms with Gasteiger partial charge in [-0.05, 0) is 49.6 Å². The molecule has 1 fully saturated rings. The van der Waals surface area contributed by atoms with Gasteiger partial charge in [-0.3, -0.25) is 19.1 Å². The Morgan fingerprint density at radius 2 is 1.73 bits per heavy atom. The van der Waals surface area contributed by atoms with E-state index in [4.69, 9.17) is 0 Å². The summed E-state index contributed by atoms with van der Waals surface area (Å²) in [6.07, 6.45) is 0.896. The highest BCUT2D eigenvalue weighted by Crippen LogP contribution is 2.38. The number of nitrogens with zero attached hydrogens (tertiary/aromatic N) is 2. The van der Waals surface area contributed by atoms with Gasteiger partial charge in [0.05, 0.1) is 11.4 Å². The zero-order chi connectivity index (χ0) is 21.4. The lowest BCUT2D eigenvalue weighted by Crippen LogP contribution is -2.23. The van der Waals surface area contributed by atoms with E-state index in [0.29, 0.717) is 28.6 Å². The molecule has 7 nitrogen and oxygen atoms in total. The lowest BCUT2D eigenvalue weighted by molar-refractivity contribution is -0.117. The molecular formula is C23H24N4O3. The maximum absolute atomic E-state index is 13.0. The van der Waals surface area contributed by atoms with Crippen LogP contribution in [0.5, 0.6) is 0 Å². The first-order valence-corrected chi connectivity index (χ1v) is 9.93. The summed E-state index contributed by atoms with van der Waals surface area (Å²) in [5, 5.41) is 5.60. The van der Waals surface area contributed by atoms with Gasteiger partial charge in [-0.15, -0.1) is 0 Å². The highest BCUT2D eigenvalue weighted by Gasteiger charge is 2.39. The van der Waals surface area contributed by atoms with Crippen LogP contribution < -0.4 is 16.2 Å². The Kier molecular flexibility index (Phi) is 5.03. The zero-order valence-corrected chi connectivity index (χ0v) is 17.2. The van der Waals surface area contributed by atoms with E-state index < -0.39 is 5.91 Å². The topological polar surface area (TPSA) is 85.1 Å². The van der Waals surface area contributed by atoms with Crippen LogP contribution in [0, 0.1) is 18.8 Å². The van der Waals surface area contributed by atoms with Gasteiger partial charge < -0.3 is 10.6 Å². The predicted molar refractivity (Wildman–Crippen MR) is 116 cm³/mol. The standard InChI is InChI=1S/C23H24N4O3/c1-14-12-19(14)22(29)24-17-9-7-8-16(13-17)21(28)25-20-15(2)26(3)27(23(20)30)18-10-5-4-6-11-18/h4-11,13-14,19H,12H2,1-3H3,(H,24,29)(H,25,28)/t14-,19+/m0/s1. The number of para-hydroxylation sites is 1. The molecule has 2 N–H and O–H groups in total. The number of amides is 2. The van der Waals surface area contributed by atoms with Gasteiger partial charge >= 0.3 is 0 Å². The Balaban J connectivity index is 1.57. The van der Waals surface area contributed by atoms with Crippen LogP contribution in [0.1, 0.15) is 29.4 Å². The summed E-state index contributed by atoms with van der Waals surface area (Å²) in [7, 11) is 1.77. The minimum atomic E-state index is -0.406. The Labute approximate surface area is 174 Å². The first-order valence-electron chi connectivity index (χ1n) is 9.93. The number of nitrogens with one attached hydrogen (secondary N) is 2. The van der Waals surface area contributed by atoms with E-state index >= 15 is 0 Å². The molecule has 2 atom stereocenters. The van der Waals surface area contributed by atoms with Crippen LogP contribution in [0.3, 0.4) is 0 Å². The van der Waals surface area contributed by atoms with Gasteiger partial charge in [0.15, 0.2) is 0 Å². The summed E-state index contributed by atoms with van der Waals surface area (Å²) in [5.74, 6) is 0.0248. The average Bonchev–Trinajstić information content (AvgIpc) is 3.44. The molecule has 1 aromatic heterocycles. The molecule has 0 bridgehead atoms. The van der Waals surface area contributed by atoms with Crippen molar-refractivity contribution >= 4 is 23.2 Å². The number of aromatic nitrogens is 2. The molecule has 2 aromatic carbocycles. The van der Waals surface area contributed by atoms with E-state index in [1.54, 1.807) is 42.9 Å². The Bertz CT molecular complexity index is 1180. The number of hydrogen-bond acceptors (Lipinski definition) is 3. The first-order chi connectivity index (χ1) is 14.4. The largest absolute Gasteiger partial charge is 0.326 e. The van der Waals surface area contributed by atoms with Crippen molar-refractivity contribution in [3.05, 3.63) is 76.2 Å². The third-order valence-electron chi connectivity index (χ3n) is 5.63. The van der Waals surface area contributed by atoms with Crippen molar-refractivity contribution in [3.8, 4) is 5.69 Å². The van der Waals surface area contributed by atoms with Gasteiger partial charge in [0.2, 0.25) is 5.91 Å². The Hall–Kier alpha value is -3.61. The summed E-state index contributed by atoms with van der Waals surface area (Å²) >= 11 is 0. The number of carbonyl (C=O) groups is 2. The summed E-state index contributed by atoms with van der Waals surface area (Å²) < 4.78 is 3.22. The second-order valence-corrected chi connectivity index (χ2v) is 7.78. The van der Waals surface area contributed by atoms with Crippen molar-refractivity contribution in [1.82, 2.24) is 9.36 Å². The second-order valence-electron chi connectivity index (χ2n) is 7.78. The van der Waals surface area contributed by atoms with Crippen molar-refractivity contribution in [2.45, 2.75) is 20.3 Å². The van der Waals surface area contributed by atoms with Gasteiger partial charge in [-0.25, -0.2) is 4.68 Å². The van der Waals surface area contributed by atoms with Gasteiger partial charge in [0, 0.05) is 24.2 Å². The molecule has 1 aliphatic carbocycles. The summed E-state index contributed by atoms with van der Waals surface area (Å²) in [4.78, 5) is 38.0. The maximum atomic E-state index is 13.0. The van der Waals surface area contributed by atoms with Crippen molar-refractivity contribution in [1.29, 1.82) is 0 Å². The minimum Gasteiger partial charge on any atom is -0.326 e. The Morgan fingerprint density at radius 1 is 1.03 bits per heavy atom. The lowest BCUT2D eigenvalue weighted by Gasteiger charge is -2.08. The molecule has 154 valence electrons. The van der Waals surface area contributed by atoms with Crippen LogP contribution in [0.25, 0.3) is 5.69 Å². The molecule has 1 saturated carbocycles. The number of anilines is 2. The highest BCUT2D eigenvalue weighted by atomic mass is 16.2. The average molecular weight is 404 g/mol. The number of rotatable bonds is 5. The van der Waals surface area contributed by atoms with Gasteiger partial charge in [-0.1, -0.05) is 31.2 Å². The normalized spacial score (nSPS) is 17.4.